The Balaban J connectivity index is 2.30. The van der Waals surface area contributed by atoms with Crippen LogP contribution in [0.15, 0.2) is 21.5 Å². The molecule has 0 aromatic heterocycles. The number of rotatable bonds is 3. The number of piperidine rings is 1. The lowest BCUT2D eigenvalue weighted by molar-refractivity contribution is 0.168. The average Bonchev–Trinajstić information content (AvgIpc) is 2.43. The molecule has 1 aliphatic rings. The molecule has 1 aromatic rings. The number of hydrogen-bond acceptors (Lipinski definition) is 3. The van der Waals surface area contributed by atoms with Gasteiger partial charge in [-0.05, 0) is 46.3 Å². The Labute approximate surface area is 133 Å². The summed E-state index contributed by atoms with van der Waals surface area (Å²) in [5.41, 5.74) is 6.07. The predicted molar refractivity (Wildman–Crippen MR) is 84.9 cm³/mol. The third-order valence-electron chi connectivity index (χ3n) is 4.45. The topological polar surface area (TPSA) is 63.4 Å². The zero-order valence-corrected chi connectivity index (χ0v) is 14.6. The van der Waals surface area contributed by atoms with Gasteiger partial charge in [0.2, 0.25) is 10.0 Å². The van der Waals surface area contributed by atoms with Crippen molar-refractivity contribution < 1.29 is 12.8 Å². The fourth-order valence-electron chi connectivity index (χ4n) is 2.50. The molecule has 1 aromatic carbocycles. The summed E-state index contributed by atoms with van der Waals surface area (Å²) in [7, 11) is -3.83. The third kappa shape index (κ3) is 3.24. The van der Waals surface area contributed by atoms with Crippen LogP contribution in [0.4, 0.5) is 10.1 Å². The maximum atomic E-state index is 14.0. The van der Waals surface area contributed by atoms with Crippen molar-refractivity contribution in [2.45, 2.75) is 38.0 Å². The fourth-order valence-corrected chi connectivity index (χ4v) is 4.34. The van der Waals surface area contributed by atoms with E-state index in [1.54, 1.807) is 0 Å². The molecule has 1 saturated heterocycles. The van der Waals surface area contributed by atoms with Gasteiger partial charge in [0.25, 0.3) is 0 Å². The molecule has 2 rings (SSSR count). The highest BCUT2D eigenvalue weighted by Gasteiger charge is 2.35. The van der Waals surface area contributed by atoms with Crippen LogP contribution in [0.2, 0.25) is 0 Å². The molecule has 118 valence electrons. The molecular formula is C14H20BrFN2O2S. The van der Waals surface area contributed by atoms with Crippen molar-refractivity contribution in [1.29, 1.82) is 0 Å². The molecule has 1 fully saturated rings. The third-order valence-corrected chi connectivity index (χ3v) is 7.05. The van der Waals surface area contributed by atoms with Crippen molar-refractivity contribution in [2.24, 2.45) is 5.41 Å². The zero-order chi connectivity index (χ0) is 15.8. The molecule has 4 nitrogen and oxygen atoms in total. The summed E-state index contributed by atoms with van der Waals surface area (Å²) in [5, 5.41) is 0. The standard InChI is InChI=1S/C14H20BrFN2O2S/c1-3-14(2)4-6-18(7-5-14)21(19,20)13-9-12(17)10(15)8-11(13)16/h8-9H,3-7,17H2,1-2H3. The number of benzene rings is 1. The Hall–Kier alpha value is -0.660. The minimum absolute atomic E-state index is 0.170. The SMILES string of the molecule is CCC1(C)CCN(S(=O)(=O)c2cc(N)c(Br)cc2F)CC1. The van der Waals surface area contributed by atoms with E-state index in [4.69, 9.17) is 5.73 Å². The number of nitrogens with two attached hydrogens (primary N) is 1. The van der Waals surface area contributed by atoms with E-state index in [-0.39, 0.29) is 16.0 Å². The molecule has 0 saturated carbocycles. The Kier molecular flexibility index (Phi) is 4.66. The highest BCUT2D eigenvalue weighted by atomic mass is 79.9. The second-order valence-corrected chi connectivity index (χ2v) is 8.63. The molecule has 0 atom stereocenters. The number of halogens is 2. The molecule has 0 unspecified atom stereocenters. The molecule has 1 aliphatic heterocycles. The van der Waals surface area contributed by atoms with E-state index in [1.807, 2.05) is 0 Å². The first-order valence-corrected chi connectivity index (χ1v) is 9.17. The summed E-state index contributed by atoms with van der Waals surface area (Å²) in [6.07, 6.45) is 2.59. The van der Waals surface area contributed by atoms with Gasteiger partial charge in [-0.25, -0.2) is 12.8 Å². The van der Waals surface area contributed by atoms with E-state index >= 15 is 0 Å². The summed E-state index contributed by atoms with van der Waals surface area (Å²) >= 11 is 3.09. The van der Waals surface area contributed by atoms with Gasteiger partial charge in [0.05, 0.1) is 0 Å². The first-order chi connectivity index (χ1) is 9.69. The molecule has 0 aliphatic carbocycles. The van der Waals surface area contributed by atoms with Crippen LogP contribution in [-0.4, -0.2) is 25.8 Å². The normalized spacial score (nSPS) is 19.6. The lowest BCUT2D eigenvalue weighted by atomic mass is 9.79. The van der Waals surface area contributed by atoms with Crippen molar-refractivity contribution >= 4 is 31.6 Å². The second-order valence-electron chi connectivity index (χ2n) is 5.87. The lowest BCUT2D eigenvalue weighted by Crippen LogP contribution is -2.42. The highest BCUT2D eigenvalue weighted by molar-refractivity contribution is 9.10. The van der Waals surface area contributed by atoms with Crippen molar-refractivity contribution in [3.05, 3.63) is 22.4 Å². The van der Waals surface area contributed by atoms with E-state index in [9.17, 15) is 12.8 Å². The highest BCUT2D eigenvalue weighted by Crippen LogP contribution is 2.36. The van der Waals surface area contributed by atoms with Crippen LogP contribution in [0.25, 0.3) is 0 Å². The molecule has 7 heteroatoms. The van der Waals surface area contributed by atoms with Gasteiger partial charge in [-0.3, -0.25) is 0 Å². The average molecular weight is 379 g/mol. The minimum Gasteiger partial charge on any atom is -0.398 e. The smallest absolute Gasteiger partial charge is 0.246 e. The van der Waals surface area contributed by atoms with Crippen LogP contribution in [0.5, 0.6) is 0 Å². The van der Waals surface area contributed by atoms with Crippen LogP contribution >= 0.6 is 15.9 Å². The Bertz CT molecular complexity index is 641. The van der Waals surface area contributed by atoms with Crippen molar-refractivity contribution in [2.75, 3.05) is 18.8 Å². The first kappa shape index (κ1) is 16.7. The van der Waals surface area contributed by atoms with Crippen molar-refractivity contribution in [3.8, 4) is 0 Å². The number of nitrogens with zero attached hydrogens (tertiary/aromatic N) is 1. The molecular weight excluding hydrogens is 359 g/mol. The fraction of sp³-hybridized carbons (Fsp3) is 0.571. The molecule has 0 amide bonds. The van der Waals surface area contributed by atoms with E-state index in [1.165, 1.54) is 10.4 Å². The maximum Gasteiger partial charge on any atom is 0.246 e. The summed E-state index contributed by atoms with van der Waals surface area (Å²) in [4.78, 5) is -0.344. The van der Waals surface area contributed by atoms with Crippen molar-refractivity contribution in [1.82, 2.24) is 4.31 Å². The molecule has 0 radical (unpaired) electrons. The molecule has 21 heavy (non-hydrogen) atoms. The molecule has 2 N–H and O–H groups in total. The first-order valence-electron chi connectivity index (χ1n) is 6.94. The van der Waals surface area contributed by atoms with E-state index in [2.05, 4.69) is 29.8 Å². The van der Waals surface area contributed by atoms with Gasteiger partial charge in [-0.1, -0.05) is 20.3 Å². The number of nitrogen functional groups attached to an aromatic ring is 1. The summed E-state index contributed by atoms with van der Waals surface area (Å²) in [6, 6.07) is 2.28. The van der Waals surface area contributed by atoms with Gasteiger partial charge in [-0.2, -0.15) is 4.31 Å². The van der Waals surface area contributed by atoms with Crippen LogP contribution in [0, 0.1) is 11.2 Å². The van der Waals surface area contributed by atoms with Gasteiger partial charge in [-0.15, -0.1) is 0 Å². The van der Waals surface area contributed by atoms with Crippen LogP contribution in [0.3, 0.4) is 0 Å². The van der Waals surface area contributed by atoms with E-state index < -0.39 is 15.8 Å². The number of sulfonamides is 1. The second kappa shape index (κ2) is 5.85. The number of anilines is 1. The van der Waals surface area contributed by atoms with E-state index in [0.29, 0.717) is 17.6 Å². The van der Waals surface area contributed by atoms with Gasteiger partial charge >= 0.3 is 0 Å². The van der Waals surface area contributed by atoms with E-state index in [0.717, 1.165) is 25.3 Å². The summed E-state index contributed by atoms with van der Waals surface area (Å²) in [5.74, 6) is -0.778. The lowest BCUT2D eigenvalue weighted by Gasteiger charge is -2.38. The maximum absolute atomic E-state index is 14.0. The number of hydrogen-bond donors (Lipinski definition) is 1. The van der Waals surface area contributed by atoms with Gasteiger partial charge < -0.3 is 5.73 Å². The Morgan fingerprint density at radius 2 is 1.95 bits per heavy atom. The Morgan fingerprint density at radius 1 is 1.38 bits per heavy atom. The minimum atomic E-state index is -3.83. The van der Waals surface area contributed by atoms with Crippen molar-refractivity contribution in [3.63, 3.8) is 0 Å². The zero-order valence-electron chi connectivity index (χ0n) is 12.2. The van der Waals surface area contributed by atoms with Crippen LogP contribution in [-0.2, 0) is 10.0 Å². The summed E-state index contributed by atoms with van der Waals surface area (Å²) in [6.45, 7) is 5.11. The van der Waals surface area contributed by atoms with Gasteiger partial charge in [0.15, 0.2) is 0 Å². The van der Waals surface area contributed by atoms with Gasteiger partial charge in [0, 0.05) is 23.2 Å². The monoisotopic (exact) mass is 378 g/mol. The molecule has 0 bridgehead atoms. The quantitative estimate of drug-likeness (QED) is 0.819. The molecule has 0 spiro atoms. The van der Waals surface area contributed by atoms with Crippen LogP contribution < -0.4 is 5.73 Å². The summed E-state index contributed by atoms with van der Waals surface area (Å²) < 4.78 is 40.9. The Morgan fingerprint density at radius 3 is 2.48 bits per heavy atom. The van der Waals surface area contributed by atoms with Gasteiger partial charge in [0.1, 0.15) is 10.7 Å². The van der Waals surface area contributed by atoms with Crippen LogP contribution in [0.1, 0.15) is 33.1 Å². The largest absolute Gasteiger partial charge is 0.398 e. The predicted octanol–water partition coefficient (Wildman–Crippen LogP) is 3.37. The molecule has 1 heterocycles.